The maximum atomic E-state index is 12.5. The number of benzene rings is 1. The van der Waals surface area contributed by atoms with Gasteiger partial charge < -0.3 is 10.2 Å². The summed E-state index contributed by atoms with van der Waals surface area (Å²) in [6.07, 6.45) is 2.42. The first-order chi connectivity index (χ1) is 10.5. The Hall–Kier alpha value is -1.39. The van der Waals surface area contributed by atoms with E-state index in [-0.39, 0.29) is 24.3 Å². The minimum Gasteiger partial charge on any atom is -0.508 e. The lowest BCUT2D eigenvalue weighted by molar-refractivity contribution is -0.129. The van der Waals surface area contributed by atoms with E-state index in [9.17, 15) is 15.0 Å². The van der Waals surface area contributed by atoms with Gasteiger partial charge in [-0.3, -0.25) is 9.69 Å². The Balaban J connectivity index is 1.87. The van der Waals surface area contributed by atoms with Crippen LogP contribution in [0.15, 0.2) is 12.1 Å². The Morgan fingerprint density at radius 3 is 2.82 bits per heavy atom. The smallest absolute Gasteiger partial charge is 0.139 e. The molecule has 1 unspecified atom stereocenters. The monoisotopic (exact) mass is 303 g/mol. The molecule has 22 heavy (non-hydrogen) atoms. The molecule has 1 fully saturated rings. The van der Waals surface area contributed by atoms with Crippen molar-refractivity contribution in [2.75, 3.05) is 13.1 Å². The van der Waals surface area contributed by atoms with Crippen molar-refractivity contribution in [2.24, 2.45) is 11.8 Å². The highest BCUT2D eigenvalue weighted by Gasteiger charge is 2.38. The normalized spacial score (nSPS) is 25.2. The first-order valence-corrected chi connectivity index (χ1v) is 8.22. The topological polar surface area (TPSA) is 60.8 Å². The predicted molar refractivity (Wildman–Crippen MR) is 84.6 cm³/mol. The lowest BCUT2D eigenvalue weighted by Gasteiger charge is -2.43. The average molecular weight is 303 g/mol. The van der Waals surface area contributed by atoms with Crippen LogP contribution in [0.5, 0.6) is 5.75 Å². The molecule has 120 valence electrons. The van der Waals surface area contributed by atoms with Gasteiger partial charge in [-0.25, -0.2) is 0 Å². The number of ketones is 1. The van der Waals surface area contributed by atoms with E-state index < -0.39 is 0 Å². The van der Waals surface area contributed by atoms with Crippen molar-refractivity contribution >= 4 is 5.78 Å². The molecule has 2 aliphatic rings. The fourth-order valence-corrected chi connectivity index (χ4v) is 3.94. The number of aliphatic hydroxyl groups is 1. The number of Topliss-reactive ketones (excluding diaryl/α,β-unsaturated/α-hetero) is 1. The molecule has 0 bridgehead atoms. The highest BCUT2D eigenvalue weighted by molar-refractivity contribution is 5.83. The third-order valence-corrected chi connectivity index (χ3v) is 5.04. The van der Waals surface area contributed by atoms with E-state index in [0.717, 1.165) is 31.5 Å². The molecule has 4 heteroatoms. The summed E-state index contributed by atoms with van der Waals surface area (Å²) in [5.74, 6) is 1.19. The van der Waals surface area contributed by atoms with Crippen LogP contribution in [0.2, 0.25) is 0 Å². The molecule has 1 aromatic rings. The molecule has 2 N–H and O–H groups in total. The summed E-state index contributed by atoms with van der Waals surface area (Å²) in [7, 11) is 0. The van der Waals surface area contributed by atoms with Crippen LogP contribution in [0.1, 0.15) is 49.4 Å². The van der Waals surface area contributed by atoms with Crippen LogP contribution in [0.25, 0.3) is 0 Å². The number of hydrogen-bond donors (Lipinski definition) is 2. The van der Waals surface area contributed by atoms with E-state index in [1.165, 1.54) is 5.56 Å². The van der Waals surface area contributed by atoms with Gasteiger partial charge in [0.25, 0.3) is 0 Å². The van der Waals surface area contributed by atoms with Gasteiger partial charge in [0.2, 0.25) is 0 Å². The number of hydrogen-bond acceptors (Lipinski definition) is 4. The summed E-state index contributed by atoms with van der Waals surface area (Å²) in [5.41, 5.74) is 2.81. The van der Waals surface area contributed by atoms with E-state index in [1.54, 1.807) is 6.07 Å². The molecule has 2 heterocycles. The summed E-state index contributed by atoms with van der Waals surface area (Å²) in [6.45, 7) is 5.97. The molecule has 2 aliphatic heterocycles. The van der Waals surface area contributed by atoms with Gasteiger partial charge in [-0.1, -0.05) is 13.8 Å². The Labute approximate surface area is 131 Å². The lowest BCUT2D eigenvalue weighted by atomic mass is 9.80. The van der Waals surface area contributed by atoms with Gasteiger partial charge in [-0.15, -0.1) is 0 Å². The van der Waals surface area contributed by atoms with Crippen molar-refractivity contribution in [1.29, 1.82) is 0 Å². The highest BCUT2D eigenvalue weighted by atomic mass is 16.3. The van der Waals surface area contributed by atoms with Gasteiger partial charge in [0, 0.05) is 37.0 Å². The maximum Gasteiger partial charge on any atom is 0.139 e. The van der Waals surface area contributed by atoms with Gasteiger partial charge in [0.05, 0.1) is 6.61 Å². The Bertz CT molecular complexity index is 582. The molecule has 3 rings (SSSR count). The largest absolute Gasteiger partial charge is 0.508 e. The zero-order chi connectivity index (χ0) is 15.9. The minimum atomic E-state index is -0.150. The number of nitrogens with zero attached hydrogens (tertiary/aromatic N) is 1. The number of fused-ring (bicyclic) bond motifs is 3. The maximum absolute atomic E-state index is 12.5. The summed E-state index contributed by atoms with van der Waals surface area (Å²) >= 11 is 0. The van der Waals surface area contributed by atoms with Gasteiger partial charge in [-0.2, -0.15) is 0 Å². The van der Waals surface area contributed by atoms with Crippen LogP contribution >= 0.6 is 0 Å². The summed E-state index contributed by atoms with van der Waals surface area (Å²) < 4.78 is 0. The van der Waals surface area contributed by atoms with E-state index in [1.807, 2.05) is 6.07 Å². The molecule has 0 aliphatic carbocycles. The van der Waals surface area contributed by atoms with E-state index in [4.69, 9.17) is 0 Å². The van der Waals surface area contributed by atoms with Crippen LogP contribution < -0.4 is 0 Å². The van der Waals surface area contributed by atoms with Crippen molar-refractivity contribution in [2.45, 2.75) is 45.8 Å². The number of aliphatic hydroxyl groups excluding tert-OH is 1. The van der Waals surface area contributed by atoms with Crippen molar-refractivity contribution in [3.63, 3.8) is 0 Å². The molecule has 0 spiro atoms. The molecular formula is C18H25NO3. The van der Waals surface area contributed by atoms with Gasteiger partial charge in [-0.05, 0) is 42.0 Å². The Morgan fingerprint density at radius 1 is 1.36 bits per heavy atom. The number of rotatable bonds is 3. The number of aromatic hydroxyl groups is 1. The number of phenols is 1. The van der Waals surface area contributed by atoms with Crippen LogP contribution in [-0.4, -0.2) is 34.0 Å². The second-order valence-electron chi connectivity index (χ2n) is 7.10. The molecule has 0 aromatic heterocycles. The van der Waals surface area contributed by atoms with Crippen molar-refractivity contribution in [1.82, 2.24) is 4.90 Å². The first-order valence-electron chi connectivity index (χ1n) is 8.22. The SMILES string of the molecule is CC(C)CC1CN2CCc3cc(CO)c(O)cc3[C@H]2CC1=O. The number of carbonyl (C=O) groups is 1. The second kappa shape index (κ2) is 6.01. The molecule has 1 aromatic carbocycles. The fraction of sp³-hybridized carbons (Fsp3) is 0.611. The third-order valence-electron chi connectivity index (χ3n) is 5.04. The standard InChI is InChI=1S/C18H25NO3/c1-11(2)5-13-9-19-4-3-12-6-14(10-20)17(21)7-15(12)16(19)8-18(13)22/h6-7,11,13,16,20-21H,3-5,8-10H2,1-2H3/t13?,16-/m1/s1. The van der Waals surface area contributed by atoms with Crippen LogP contribution in [0.3, 0.4) is 0 Å². The molecular weight excluding hydrogens is 278 g/mol. The van der Waals surface area contributed by atoms with Crippen LogP contribution in [0.4, 0.5) is 0 Å². The number of piperidine rings is 1. The molecule has 1 saturated heterocycles. The van der Waals surface area contributed by atoms with Crippen LogP contribution in [-0.2, 0) is 17.8 Å². The van der Waals surface area contributed by atoms with E-state index in [0.29, 0.717) is 23.7 Å². The second-order valence-corrected chi connectivity index (χ2v) is 7.10. The molecule has 0 amide bonds. The fourth-order valence-electron chi connectivity index (χ4n) is 3.94. The molecule has 0 saturated carbocycles. The summed E-state index contributed by atoms with van der Waals surface area (Å²) in [4.78, 5) is 14.9. The Morgan fingerprint density at radius 2 is 2.14 bits per heavy atom. The van der Waals surface area contributed by atoms with E-state index >= 15 is 0 Å². The first kappa shape index (κ1) is 15.5. The zero-order valence-electron chi connectivity index (χ0n) is 13.4. The minimum absolute atomic E-state index is 0.0957. The van der Waals surface area contributed by atoms with Crippen molar-refractivity contribution in [3.8, 4) is 5.75 Å². The lowest BCUT2D eigenvalue weighted by Crippen LogP contribution is -2.46. The highest BCUT2D eigenvalue weighted by Crippen LogP contribution is 2.40. The van der Waals surface area contributed by atoms with E-state index in [2.05, 4.69) is 18.7 Å². The summed E-state index contributed by atoms with van der Waals surface area (Å²) in [6, 6.07) is 3.75. The number of carbonyl (C=O) groups excluding carboxylic acids is 1. The van der Waals surface area contributed by atoms with Gasteiger partial charge >= 0.3 is 0 Å². The molecule has 4 nitrogen and oxygen atoms in total. The third kappa shape index (κ3) is 2.77. The molecule has 2 atom stereocenters. The van der Waals surface area contributed by atoms with Crippen molar-refractivity contribution < 1.29 is 15.0 Å². The summed E-state index contributed by atoms with van der Waals surface area (Å²) in [5, 5.41) is 19.3. The van der Waals surface area contributed by atoms with Gasteiger partial charge in [0.15, 0.2) is 0 Å². The zero-order valence-corrected chi connectivity index (χ0v) is 13.4. The quantitative estimate of drug-likeness (QED) is 0.900. The van der Waals surface area contributed by atoms with Crippen molar-refractivity contribution in [3.05, 3.63) is 28.8 Å². The Kier molecular flexibility index (Phi) is 4.24. The predicted octanol–water partition coefficient (Wildman–Crippen LogP) is 2.42. The van der Waals surface area contributed by atoms with Gasteiger partial charge in [0.1, 0.15) is 11.5 Å². The average Bonchev–Trinajstić information content (AvgIpc) is 2.47. The molecule has 0 radical (unpaired) electrons. The van der Waals surface area contributed by atoms with Crippen LogP contribution in [0, 0.1) is 11.8 Å².